The molecule has 0 fully saturated rings. The average Bonchev–Trinajstić information content (AvgIpc) is 2.47. The van der Waals surface area contributed by atoms with Crippen LogP contribution >= 0.6 is 11.5 Å². The van der Waals surface area contributed by atoms with Gasteiger partial charge in [-0.1, -0.05) is 20.3 Å². The van der Waals surface area contributed by atoms with Crippen LogP contribution in [-0.2, 0) is 0 Å². The standard InChI is InChI=1S/C8H15N3S/c1-3-6(2)5-10-8-4-7(9)11-12-8/h4,6,10H,3,5H2,1-2H3,(H2,9,11). The summed E-state index contributed by atoms with van der Waals surface area (Å²) in [4.78, 5) is 0. The average molecular weight is 185 g/mol. The molecule has 0 spiro atoms. The fourth-order valence-corrected chi connectivity index (χ4v) is 1.37. The summed E-state index contributed by atoms with van der Waals surface area (Å²) in [5.74, 6) is 1.31. The SMILES string of the molecule is CCC(C)CNc1cc(N)ns1. The molecule has 0 aromatic carbocycles. The van der Waals surface area contributed by atoms with E-state index in [0.717, 1.165) is 11.5 Å². The van der Waals surface area contributed by atoms with E-state index in [4.69, 9.17) is 5.73 Å². The Morgan fingerprint density at radius 3 is 3.00 bits per heavy atom. The second-order valence-corrected chi connectivity index (χ2v) is 3.82. The van der Waals surface area contributed by atoms with Crippen molar-refractivity contribution in [3.05, 3.63) is 6.07 Å². The van der Waals surface area contributed by atoms with Crippen LogP contribution < -0.4 is 11.1 Å². The van der Waals surface area contributed by atoms with Gasteiger partial charge in [0.05, 0.1) is 0 Å². The van der Waals surface area contributed by atoms with Crippen molar-refractivity contribution in [1.29, 1.82) is 0 Å². The van der Waals surface area contributed by atoms with Crippen molar-refractivity contribution in [2.24, 2.45) is 5.92 Å². The Labute approximate surface area is 77.1 Å². The smallest absolute Gasteiger partial charge is 0.139 e. The molecule has 1 unspecified atom stereocenters. The van der Waals surface area contributed by atoms with Crippen LogP contribution in [-0.4, -0.2) is 10.9 Å². The predicted molar refractivity (Wildman–Crippen MR) is 54.5 cm³/mol. The molecule has 68 valence electrons. The Hall–Kier alpha value is -0.770. The monoisotopic (exact) mass is 185 g/mol. The molecule has 12 heavy (non-hydrogen) atoms. The van der Waals surface area contributed by atoms with Gasteiger partial charge in [-0.2, -0.15) is 4.37 Å². The summed E-state index contributed by atoms with van der Waals surface area (Å²) in [6.45, 7) is 5.41. The fourth-order valence-electron chi connectivity index (χ4n) is 0.791. The molecular weight excluding hydrogens is 170 g/mol. The van der Waals surface area contributed by atoms with Crippen LogP contribution in [0.2, 0.25) is 0 Å². The van der Waals surface area contributed by atoms with E-state index in [9.17, 15) is 0 Å². The minimum Gasteiger partial charge on any atom is -0.383 e. The number of hydrogen-bond donors (Lipinski definition) is 2. The molecule has 4 heteroatoms. The first-order valence-corrected chi connectivity index (χ1v) is 4.95. The van der Waals surface area contributed by atoms with Gasteiger partial charge in [-0.05, 0) is 17.5 Å². The van der Waals surface area contributed by atoms with Crippen LogP contribution in [0.1, 0.15) is 20.3 Å². The van der Waals surface area contributed by atoms with E-state index in [-0.39, 0.29) is 0 Å². The maximum absolute atomic E-state index is 5.48. The second kappa shape index (κ2) is 4.30. The normalized spacial score (nSPS) is 12.8. The molecule has 1 aromatic heterocycles. The minimum absolute atomic E-state index is 0.603. The van der Waals surface area contributed by atoms with Gasteiger partial charge >= 0.3 is 0 Å². The maximum atomic E-state index is 5.48. The largest absolute Gasteiger partial charge is 0.383 e. The Bertz CT molecular complexity index is 234. The molecule has 0 radical (unpaired) electrons. The van der Waals surface area contributed by atoms with Gasteiger partial charge in [0.2, 0.25) is 0 Å². The lowest BCUT2D eigenvalue weighted by atomic mass is 10.1. The van der Waals surface area contributed by atoms with E-state index in [1.54, 1.807) is 0 Å². The fraction of sp³-hybridized carbons (Fsp3) is 0.625. The van der Waals surface area contributed by atoms with Gasteiger partial charge < -0.3 is 11.1 Å². The van der Waals surface area contributed by atoms with Gasteiger partial charge in [-0.15, -0.1) is 0 Å². The molecule has 1 aromatic rings. The Kier molecular flexibility index (Phi) is 3.34. The molecule has 0 saturated carbocycles. The van der Waals surface area contributed by atoms with Gasteiger partial charge in [0, 0.05) is 12.6 Å². The van der Waals surface area contributed by atoms with Crippen molar-refractivity contribution in [2.45, 2.75) is 20.3 Å². The molecule has 3 N–H and O–H groups in total. The first-order valence-electron chi connectivity index (χ1n) is 4.18. The van der Waals surface area contributed by atoms with Crippen LogP contribution in [0.4, 0.5) is 10.8 Å². The molecule has 0 amide bonds. The quantitative estimate of drug-likeness (QED) is 0.756. The molecule has 1 heterocycles. The van der Waals surface area contributed by atoms with Gasteiger partial charge in [0.25, 0.3) is 0 Å². The highest BCUT2D eigenvalue weighted by Crippen LogP contribution is 2.17. The van der Waals surface area contributed by atoms with Gasteiger partial charge in [0.15, 0.2) is 0 Å². The number of rotatable bonds is 4. The number of nitrogens with zero attached hydrogens (tertiary/aromatic N) is 1. The van der Waals surface area contributed by atoms with Crippen molar-refractivity contribution in [3.8, 4) is 0 Å². The van der Waals surface area contributed by atoms with Crippen molar-refractivity contribution in [2.75, 3.05) is 17.6 Å². The Balaban J connectivity index is 2.33. The molecule has 0 bridgehead atoms. The highest BCUT2D eigenvalue weighted by atomic mass is 32.1. The molecule has 0 aliphatic heterocycles. The molecule has 0 aliphatic rings. The second-order valence-electron chi connectivity index (χ2n) is 3.01. The van der Waals surface area contributed by atoms with E-state index in [1.807, 2.05) is 6.07 Å². The lowest BCUT2D eigenvalue weighted by molar-refractivity contribution is 0.594. The summed E-state index contributed by atoms with van der Waals surface area (Å²) in [5, 5.41) is 4.35. The number of nitrogens with one attached hydrogen (secondary N) is 1. The van der Waals surface area contributed by atoms with Crippen molar-refractivity contribution in [1.82, 2.24) is 4.37 Å². The van der Waals surface area contributed by atoms with E-state index >= 15 is 0 Å². The summed E-state index contributed by atoms with van der Waals surface area (Å²) in [6.07, 6.45) is 1.20. The molecular formula is C8H15N3S. The summed E-state index contributed by atoms with van der Waals surface area (Å²) in [5.41, 5.74) is 5.48. The van der Waals surface area contributed by atoms with E-state index in [1.165, 1.54) is 18.0 Å². The zero-order valence-electron chi connectivity index (χ0n) is 7.50. The van der Waals surface area contributed by atoms with Crippen molar-refractivity contribution >= 4 is 22.4 Å². The third kappa shape index (κ3) is 2.70. The third-order valence-corrected chi connectivity index (χ3v) is 2.61. The zero-order chi connectivity index (χ0) is 8.97. The summed E-state index contributed by atoms with van der Waals surface area (Å²) < 4.78 is 3.98. The summed E-state index contributed by atoms with van der Waals surface area (Å²) in [7, 11) is 0. The maximum Gasteiger partial charge on any atom is 0.139 e. The molecule has 3 nitrogen and oxygen atoms in total. The van der Waals surface area contributed by atoms with Crippen molar-refractivity contribution in [3.63, 3.8) is 0 Å². The topological polar surface area (TPSA) is 50.9 Å². The van der Waals surface area contributed by atoms with Crippen LogP contribution in [0.25, 0.3) is 0 Å². The number of nitrogen functional groups attached to an aromatic ring is 1. The number of anilines is 2. The lowest BCUT2D eigenvalue weighted by Gasteiger charge is -2.08. The van der Waals surface area contributed by atoms with Crippen LogP contribution in [0, 0.1) is 5.92 Å². The highest BCUT2D eigenvalue weighted by molar-refractivity contribution is 7.10. The zero-order valence-corrected chi connectivity index (χ0v) is 8.32. The lowest BCUT2D eigenvalue weighted by Crippen LogP contribution is -2.08. The predicted octanol–water partition coefficient (Wildman–Crippen LogP) is 2.18. The minimum atomic E-state index is 0.603. The van der Waals surface area contributed by atoms with Gasteiger partial charge in [-0.3, -0.25) is 0 Å². The number of aromatic nitrogens is 1. The van der Waals surface area contributed by atoms with Crippen LogP contribution in [0.3, 0.4) is 0 Å². The van der Waals surface area contributed by atoms with Crippen LogP contribution in [0.5, 0.6) is 0 Å². The molecule has 1 atom stereocenters. The molecule has 0 saturated heterocycles. The highest BCUT2D eigenvalue weighted by Gasteiger charge is 2.00. The number of hydrogen-bond acceptors (Lipinski definition) is 4. The van der Waals surface area contributed by atoms with Gasteiger partial charge in [0.1, 0.15) is 10.8 Å². The van der Waals surface area contributed by atoms with E-state index in [2.05, 4.69) is 23.5 Å². The summed E-state index contributed by atoms with van der Waals surface area (Å²) >= 11 is 1.42. The first kappa shape index (κ1) is 9.32. The Morgan fingerprint density at radius 2 is 2.50 bits per heavy atom. The van der Waals surface area contributed by atoms with E-state index < -0.39 is 0 Å². The van der Waals surface area contributed by atoms with Crippen LogP contribution in [0.15, 0.2) is 6.07 Å². The first-order chi connectivity index (χ1) is 5.72. The Morgan fingerprint density at radius 1 is 1.75 bits per heavy atom. The van der Waals surface area contributed by atoms with Crippen molar-refractivity contribution < 1.29 is 0 Å². The summed E-state index contributed by atoms with van der Waals surface area (Å²) in [6, 6.07) is 1.87. The third-order valence-electron chi connectivity index (χ3n) is 1.85. The van der Waals surface area contributed by atoms with Gasteiger partial charge in [-0.25, -0.2) is 0 Å². The molecule has 1 rings (SSSR count). The molecule has 0 aliphatic carbocycles. The number of nitrogens with two attached hydrogens (primary N) is 1. The van der Waals surface area contributed by atoms with E-state index in [0.29, 0.717) is 11.7 Å².